The van der Waals surface area contributed by atoms with E-state index < -0.39 is 23.2 Å². The van der Waals surface area contributed by atoms with Crippen LogP contribution in [0.5, 0.6) is 5.75 Å². The van der Waals surface area contributed by atoms with Crippen LogP contribution in [0, 0.1) is 5.82 Å². The molecule has 38 heavy (non-hydrogen) atoms. The molecular weight excluding hydrogens is 530 g/mol. The van der Waals surface area contributed by atoms with E-state index in [1.54, 1.807) is 48.5 Å². The van der Waals surface area contributed by atoms with Gasteiger partial charge in [0.15, 0.2) is 0 Å². The van der Waals surface area contributed by atoms with Crippen LogP contribution < -0.4 is 15.4 Å². The van der Waals surface area contributed by atoms with Crippen molar-refractivity contribution in [2.45, 2.75) is 30.4 Å². The summed E-state index contributed by atoms with van der Waals surface area (Å²) in [4.78, 5) is 27.3. The zero-order valence-electron chi connectivity index (χ0n) is 20.1. The fraction of sp³-hybridized carbons (Fsp3) is 0.241. The summed E-state index contributed by atoms with van der Waals surface area (Å²) in [6, 6.07) is 15.2. The summed E-state index contributed by atoms with van der Waals surface area (Å²) in [7, 11) is 0. The van der Waals surface area contributed by atoms with Crippen molar-refractivity contribution < 1.29 is 23.5 Å². The highest BCUT2D eigenvalue weighted by Crippen LogP contribution is 2.57. The maximum absolute atomic E-state index is 14.4. The summed E-state index contributed by atoms with van der Waals surface area (Å²) in [5.74, 6) is -0.789. The maximum atomic E-state index is 14.4. The van der Waals surface area contributed by atoms with Gasteiger partial charge in [0.05, 0.1) is 19.3 Å². The lowest BCUT2D eigenvalue weighted by Gasteiger charge is -2.42. The first-order valence-corrected chi connectivity index (χ1v) is 13.1. The largest absolute Gasteiger partial charge is 0.490 e. The summed E-state index contributed by atoms with van der Waals surface area (Å²) < 4.78 is 26.3. The van der Waals surface area contributed by atoms with E-state index in [0.717, 1.165) is 0 Å². The van der Waals surface area contributed by atoms with Crippen LogP contribution in [0.1, 0.15) is 35.6 Å². The number of carbonyl (C=O) groups excluding carboxylic acids is 2. The van der Waals surface area contributed by atoms with Crippen LogP contribution in [0.25, 0.3) is 5.57 Å². The standard InChI is InChI=1S/C29H23Cl2FN2O4/c30-17-5-7-25(38-20-8-10-37-11-9-20)21(13-17)27-29(22-6-4-18(31)14-24(22)33-28(29)36)23(15-26(35)34-27)16-2-1-3-19(32)12-16/h1-7,12-15,20,27H,8-11H2,(H,33,36)(H,34,35). The maximum Gasteiger partial charge on any atom is 0.244 e. The number of rotatable bonds is 4. The Hall–Kier alpha value is -3.39. The highest BCUT2D eigenvalue weighted by Gasteiger charge is 2.58. The second-order valence-electron chi connectivity index (χ2n) is 9.57. The Balaban J connectivity index is 1.59. The van der Waals surface area contributed by atoms with Gasteiger partial charge in [-0.25, -0.2) is 4.39 Å². The first-order chi connectivity index (χ1) is 18.4. The van der Waals surface area contributed by atoms with Crippen molar-refractivity contribution >= 4 is 46.3 Å². The molecular formula is C29H23Cl2FN2O4. The molecule has 0 aromatic heterocycles. The second kappa shape index (κ2) is 9.73. The van der Waals surface area contributed by atoms with Crippen molar-refractivity contribution in [3.8, 4) is 5.75 Å². The molecule has 1 fully saturated rings. The Labute approximate surface area is 228 Å². The van der Waals surface area contributed by atoms with Crippen molar-refractivity contribution in [2.75, 3.05) is 18.5 Å². The van der Waals surface area contributed by atoms with Gasteiger partial charge in [0.2, 0.25) is 11.8 Å². The lowest BCUT2D eigenvalue weighted by molar-refractivity contribution is -0.122. The van der Waals surface area contributed by atoms with Gasteiger partial charge in [0, 0.05) is 40.2 Å². The van der Waals surface area contributed by atoms with Gasteiger partial charge in [-0.05, 0) is 59.2 Å². The molecule has 3 aromatic carbocycles. The second-order valence-corrected chi connectivity index (χ2v) is 10.4. The van der Waals surface area contributed by atoms with E-state index in [1.165, 1.54) is 18.2 Å². The van der Waals surface area contributed by atoms with E-state index in [4.69, 9.17) is 32.7 Å². The molecule has 3 aliphatic heterocycles. The molecule has 2 N–H and O–H groups in total. The molecule has 2 atom stereocenters. The molecule has 0 bridgehead atoms. The number of hydrogen-bond donors (Lipinski definition) is 2. The molecule has 3 heterocycles. The molecule has 2 unspecified atom stereocenters. The first-order valence-electron chi connectivity index (χ1n) is 12.3. The summed E-state index contributed by atoms with van der Waals surface area (Å²) in [6.45, 7) is 1.17. The van der Waals surface area contributed by atoms with Crippen LogP contribution in [0.3, 0.4) is 0 Å². The number of nitrogens with one attached hydrogen (secondary N) is 2. The minimum Gasteiger partial charge on any atom is -0.490 e. The van der Waals surface area contributed by atoms with Gasteiger partial charge in [-0.15, -0.1) is 0 Å². The van der Waals surface area contributed by atoms with Crippen molar-refractivity contribution in [1.82, 2.24) is 5.32 Å². The van der Waals surface area contributed by atoms with Gasteiger partial charge < -0.3 is 20.1 Å². The predicted molar refractivity (Wildman–Crippen MR) is 143 cm³/mol. The average molecular weight is 553 g/mol. The zero-order chi connectivity index (χ0) is 26.4. The fourth-order valence-corrected chi connectivity index (χ4v) is 6.01. The van der Waals surface area contributed by atoms with Crippen molar-refractivity contribution in [2.24, 2.45) is 0 Å². The van der Waals surface area contributed by atoms with Crippen LogP contribution in [0.15, 0.2) is 66.7 Å². The molecule has 3 aliphatic rings. The van der Waals surface area contributed by atoms with E-state index in [2.05, 4.69) is 10.6 Å². The number of anilines is 1. The van der Waals surface area contributed by atoms with Crippen LogP contribution in [-0.2, 0) is 19.7 Å². The monoisotopic (exact) mass is 552 g/mol. The third kappa shape index (κ3) is 4.15. The lowest BCUT2D eigenvalue weighted by atomic mass is 9.64. The van der Waals surface area contributed by atoms with Gasteiger partial charge in [0.1, 0.15) is 23.1 Å². The highest BCUT2D eigenvalue weighted by atomic mass is 35.5. The number of carbonyl (C=O) groups is 2. The van der Waals surface area contributed by atoms with Crippen LogP contribution >= 0.6 is 23.2 Å². The predicted octanol–water partition coefficient (Wildman–Crippen LogP) is 5.83. The molecule has 194 valence electrons. The normalized spacial score (nSPS) is 23.0. The van der Waals surface area contributed by atoms with E-state index in [9.17, 15) is 14.0 Å². The number of ether oxygens (including phenoxy) is 2. The Morgan fingerprint density at radius 1 is 0.974 bits per heavy atom. The van der Waals surface area contributed by atoms with Crippen LogP contribution in [0.2, 0.25) is 10.0 Å². The van der Waals surface area contributed by atoms with Crippen molar-refractivity contribution in [1.29, 1.82) is 0 Å². The quantitative estimate of drug-likeness (QED) is 0.426. The number of benzene rings is 3. The summed E-state index contributed by atoms with van der Waals surface area (Å²) >= 11 is 12.7. The SMILES string of the molecule is O=C1C=C(c2cccc(F)c2)C2(C(=O)Nc3cc(Cl)ccc32)C(c2cc(Cl)ccc2OC2CCOCC2)N1. The minimum atomic E-state index is -1.46. The van der Waals surface area contributed by atoms with Gasteiger partial charge in [-0.3, -0.25) is 9.59 Å². The summed E-state index contributed by atoms with van der Waals surface area (Å²) in [5.41, 5.74) is 0.972. The third-order valence-corrected chi connectivity index (χ3v) is 7.78. The lowest BCUT2D eigenvalue weighted by Crippen LogP contribution is -2.52. The van der Waals surface area contributed by atoms with Gasteiger partial charge in [-0.1, -0.05) is 41.4 Å². The number of amides is 2. The molecule has 0 saturated carbocycles. The zero-order valence-corrected chi connectivity index (χ0v) is 21.6. The van der Waals surface area contributed by atoms with Crippen LogP contribution in [0.4, 0.5) is 10.1 Å². The minimum absolute atomic E-state index is 0.0966. The molecule has 1 spiro atoms. The van der Waals surface area contributed by atoms with Gasteiger partial charge in [-0.2, -0.15) is 0 Å². The number of hydrogen-bond acceptors (Lipinski definition) is 4. The smallest absolute Gasteiger partial charge is 0.244 e. The molecule has 9 heteroatoms. The highest BCUT2D eigenvalue weighted by molar-refractivity contribution is 6.31. The molecule has 6 nitrogen and oxygen atoms in total. The topological polar surface area (TPSA) is 76.7 Å². The average Bonchev–Trinajstić information content (AvgIpc) is 3.18. The van der Waals surface area contributed by atoms with E-state index >= 15 is 0 Å². The first kappa shape index (κ1) is 24.9. The van der Waals surface area contributed by atoms with E-state index in [0.29, 0.717) is 69.8 Å². The van der Waals surface area contributed by atoms with Gasteiger partial charge in [0.25, 0.3) is 0 Å². The van der Waals surface area contributed by atoms with Crippen molar-refractivity contribution in [3.63, 3.8) is 0 Å². The molecule has 0 aliphatic carbocycles. The van der Waals surface area contributed by atoms with Gasteiger partial charge >= 0.3 is 0 Å². The van der Waals surface area contributed by atoms with Crippen molar-refractivity contribution in [3.05, 3.63) is 99.3 Å². The summed E-state index contributed by atoms with van der Waals surface area (Å²) in [5, 5.41) is 6.81. The Morgan fingerprint density at radius 2 is 1.74 bits per heavy atom. The fourth-order valence-electron chi connectivity index (χ4n) is 5.66. The third-order valence-electron chi connectivity index (χ3n) is 7.31. The molecule has 1 saturated heterocycles. The molecule has 6 rings (SSSR count). The van der Waals surface area contributed by atoms with E-state index in [-0.39, 0.29) is 12.0 Å². The Bertz CT molecular complexity index is 1490. The molecule has 3 aromatic rings. The summed E-state index contributed by atoms with van der Waals surface area (Å²) in [6.07, 6.45) is 2.68. The Morgan fingerprint density at radius 3 is 2.53 bits per heavy atom. The number of halogens is 3. The van der Waals surface area contributed by atoms with Crippen LogP contribution in [-0.4, -0.2) is 31.1 Å². The molecule has 0 radical (unpaired) electrons. The Kier molecular flexibility index (Phi) is 6.38. The van der Waals surface area contributed by atoms with E-state index in [1.807, 2.05) is 0 Å². The number of fused-ring (bicyclic) bond motifs is 2. The molecule has 2 amide bonds.